The predicted octanol–water partition coefficient (Wildman–Crippen LogP) is 5.31. The van der Waals surface area contributed by atoms with Crippen LogP contribution in [0.4, 0.5) is 5.69 Å². The molecule has 9 nitrogen and oxygen atoms in total. The number of carboxylic acids is 1. The molecule has 5 rings (SSSR count). The van der Waals surface area contributed by atoms with E-state index in [1.807, 2.05) is 49.4 Å². The molecule has 0 radical (unpaired) electrons. The number of ether oxygens (including phenoxy) is 1. The van der Waals surface area contributed by atoms with Crippen molar-refractivity contribution in [2.24, 2.45) is 5.92 Å². The smallest absolute Gasteiger partial charge is 0.322 e. The molecular formula is C32H31N3O6S. The Hall–Kier alpha value is -4.54. The zero-order valence-corrected chi connectivity index (χ0v) is 24.1. The molecule has 0 aliphatic carbocycles. The SMILES string of the molecule is CC1c2c(cccc2-c2ccncc2)OC1C(=O)Nc1ccc(-c2ccc(S(=O)(=O)N[C@H](C(=O)O)C(C)C)cc2)cc1. The number of benzene rings is 3. The van der Waals surface area contributed by atoms with Crippen LogP contribution in [-0.4, -0.2) is 42.5 Å². The second kappa shape index (κ2) is 11.8. The third-order valence-corrected chi connectivity index (χ3v) is 8.80. The topological polar surface area (TPSA) is 135 Å². The molecule has 0 fully saturated rings. The third-order valence-electron chi connectivity index (χ3n) is 7.34. The first-order chi connectivity index (χ1) is 20.0. The molecule has 3 aromatic carbocycles. The summed E-state index contributed by atoms with van der Waals surface area (Å²) in [5.41, 5.74) is 5.19. The van der Waals surface area contributed by atoms with E-state index in [0.29, 0.717) is 11.4 Å². The summed E-state index contributed by atoms with van der Waals surface area (Å²) in [5.74, 6) is -1.38. The number of rotatable bonds is 9. The third kappa shape index (κ3) is 5.90. The maximum Gasteiger partial charge on any atom is 0.322 e. The molecule has 1 amide bonds. The Morgan fingerprint density at radius 1 is 0.881 bits per heavy atom. The van der Waals surface area contributed by atoms with Crippen molar-refractivity contribution < 1.29 is 27.9 Å². The zero-order chi connectivity index (χ0) is 30.0. The summed E-state index contributed by atoms with van der Waals surface area (Å²) in [5, 5.41) is 12.3. The van der Waals surface area contributed by atoms with Crippen molar-refractivity contribution in [2.75, 3.05) is 5.32 Å². The van der Waals surface area contributed by atoms with Crippen LogP contribution in [0.15, 0.2) is 96.2 Å². The summed E-state index contributed by atoms with van der Waals surface area (Å²) >= 11 is 0. The van der Waals surface area contributed by atoms with Gasteiger partial charge in [0.15, 0.2) is 6.10 Å². The zero-order valence-electron chi connectivity index (χ0n) is 23.3. The van der Waals surface area contributed by atoms with Crippen LogP contribution in [0.1, 0.15) is 32.3 Å². The lowest BCUT2D eigenvalue weighted by Gasteiger charge is -2.18. The maximum atomic E-state index is 13.2. The van der Waals surface area contributed by atoms with Gasteiger partial charge in [-0.25, -0.2) is 8.42 Å². The maximum absolute atomic E-state index is 13.2. The molecule has 0 bridgehead atoms. The predicted molar refractivity (Wildman–Crippen MR) is 160 cm³/mol. The van der Waals surface area contributed by atoms with Crippen molar-refractivity contribution in [1.29, 1.82) is 0 Å². The molecule has 2 unspecified atom stereocenters. The van der Waals surface area contributed by atoms with E-state index in [4.69, 9.17) is 4.74 Å². The van der Waals surface area contributed by atoms with E-state index in [9.17, 15) is 23.1 Å². The van der Waals surface area contributed by atoms with Crippen LogP contribution in [0.2, 0.25) is 0 Å². The van der Waals surface area contributed by atoms with Gasteiger partial charge in [0.1, 0.15) is 11.8 Å². The van der Waals surface area contributed by atoms with Gasteiger partial charge in [0.05, 0.1) is 4.90 Å². The lowest BCUT2D eigenvalue weighted by molar-refractivity contribution is -0.140. The molecule has 10 heteroatoms. The average Bonchev–Trinajstić information content (AvgIpc) is 3.33. The minimum Gasteiger partial charge on any atom is -0.480 e. The minimum absolute atomic E-state index is 0.0270. The highest BCUT2D eigenvalue weighted by atomic mass is 32.2. The number of nitrogens with zero attached hydrogens (tertiary/aromatic N) is 1. The number of amides is 1. The van der Waals surface area contributed by atoms with Crippen LogP contribution in [0.5, 0.6) is 5.75 Å². The van der Waals surface area contributed by atoms with E-state index in [1.54, 1.807) is 50.5 Å². The number of anilines is 1. The van der Waals surface area contributed by atoms with Gasteiger partial charge in [-0.3, -0.25) is 14.6 Å². The van der Waals surface area contributed by atoms with Gasteiger partial charge in [0.25, 0.3) is 5.91 Å². The summed E-state index contributed by atoms with van der Waals surface area (Å²) in [6, 6.07) is 21.8. The fourth-order valence-electron chi connectivity index (χ4n) is 5.06. The fraction of sp³-hybridized carbons (Fsp3) is 0.219. The Kier molecular flexibility index (Phi) is 8.11. The highest BCUT2D eigenvalue weighted by Crippen LogP contribution is 2.44. The van der Waals surface area contributed by atoms with Gasteiger partial charge < -0.3 is 15.2 Å². The first kappa shape index (κ1) is 29.0. The van der Waals surface area contributed by atoms with Gasteiger partial charge in [-0.15, -0.1) is 0 Å². The van der Waals surface area contributed by atoms with Crippen LogP contribution in [-0.2, 0) is 19.6 Å². The number of carbonyl (C=O) groups excluding carboxylic acids is 1. The van der Waals surface area contributed by atoms with Crippen molar-refractivity contribution >= 4 is 27.6 Å². The van der Waals surface area contributed by atoms with Crippen LogP contribution < -0.4 is 14.8 Å². The number of carboxylic acid groups (broad SMARTS) is 1. The first-order valence-corrected chi connectivity index (χ1v) is 15.0. The van der Waals surface area contributed by atoms with Gasteiger partial charge in [-0.05, 0) is 70.6 Å². The molecule has 0 saturated heterocycles. The van der Waals surface area contributed by atoms with Crippen molar-refractivity contribution in [3.8, 4) is 28.0 Å². The van der Waals surface area contributed by atoms with Crippen LogP contribution in [0.3, 0.4) is 0 Å². The van der Waals surface area contributed by atoms with Crippen LogP contribution in [0, 0.1) is 5.92 Å². The Bertz CT molecular complexity index is 1710. The van der Waals surface area contributed by atoms with Gasteiger partial charge in [-0.1, -0.05) is 57.2 Å². The highest BCUT2D eigenvalue weighted by Gasteiger charge is 2.38. The molecule has 216 valence electrons. The molecule has 1 aliphatic rings. The molecule has 0 spiro atoms. The van der Waals surface area contributed by atoms with Crippen molar-refractivity contribution in [3.05, 3.63) is 96.8 Å². The van der Waals surface area contributed by atoms with Gasteiger partial charge >= 0.3 is 5.97 Å². The second-order valence-electron chi connectivity index (χ2n) is 10.6. The Labute approximate surface area is 244 Å². The Morgan fingerprint density at radius 2 is 1.50 bits per heavy atom. The molecule has 3 N–H and O–H groups in total. The number of fused-ring (bicyclic) bond motifs is 1. The number of hydrogen-bond acceptors (Lipinski definition) is 6. The van der Waals surface area contributed by atoms with Crippen LogP contribution >= 0.6 is 0 Å². The number of aromatic nitrogens is 1. The molecule has 1 aromatic heterocycles. The highest BCUT2D eigenvalue weighted by molar-refractivity contribution is 7.89. The number of aliphatic carboxylic acids is 1. The standard InChI is InChI=1S/C32H31N3O6S/c1-19(2)29(32(37)38)35-42(39,40)25-13-9-22(10-14-25)21-7-11-24(12-8-21)34-31(36)30-20(3)28-26(5-4-6-27(28)41-30)23-15-17-33-18-16-23/h4-20,29-30,35H,1-3H3,(H,34,36)(H,37,38)/t20?,29-,30?/m0/s1. The molecule has 3 atom stereocenters. The number of carbonyl (C=O) groups is 2. The molecule has 2 heterocycles. The van der Waals surface area contributed by atoms with E-state index in [2.05, 4.69) is 15.0 Å². The lowest BCUT2D eigenvalue weighted by Crippen LogP contribution is -2.44. The van der Waals surface area contributed by atoms with E-state index >= 15 is 0 Å². The van der Waals surface area contributed by atoms with Crippen molar-refractivity contribution in [1.82, 2.24) is 9.71 Å². The monoisotopic (exact) mass is 585 g/mol. The molecular weight excluding hydrogens is 554 g/mol. The van der Waals surface area contributed by atoms with Crippen molar-refractivity contribution in [3.63, 3.8) is 0 Å². The summed E-state index contributed by atoms with van der Waals surface area (Å²) in [6.07, 6.45) is 2.78. The van der Waals surface area contributed by atoms with Crippen LogP contribution in [0.25, 0.3) is 22.3 Å². The van der Waals surface area contributed by atoms with Gasteiger partial charge in [-0.2, -0.15) is 4.72 Å². The summed E-state index contributed by atoms with van der Waals surface area (Å²) in [6.45, 7) is 5.25. The summed E-state index contributed by atoms with van der Waals surface area (Å²) in [7, 11) is -4.01. The van der Waals surface area contributed by atoms with E-state index in [-0.39, 0.29) is 16.7 Å². The minimum atomic E-state index is -4.01. The lowest BCUT2D eigenvalue weighted by atomic mass is 9.90. The molecule has 0 saturated carbocycles. The van der Waals surface area contributed by atoms with Gasteiger partial charge in [0.2, 0.25) is 10.0 Å². The number of sulfonamides is 1. The molecule has 42 heavy (non-hydrogen) atoms. The molecule has 1 aliphatic heterocycles. The Morgan fingerprint density at radius 3 is 2.10 bits per heavy atom. The summed E-state index contributed by atoms with van der Waals surface area (Å²) in [4.78, 5) is 28.7. The Balaban J connectivity index is 1.26. The normalized spacial score (nSPS) is 16.9. The quantitative estimate of drug-likeness (QED) is 0.242. The molecule has 4 aromatic rings. The van der Waals surface area contributed by atoms with Crippen molar-refractivity contribution in [2.45, 2.75) is 43.7 Å². The summed E-state index contributed by atoms with van der Waals surface area (Å²) < 4.78 is 33.8. The average molecular weight is 586 g/mol. The number of pyridine rings is 1. The second-order valence-corrected chi connectivity index (χ2v) is 12.3. The number of hydrogen-bond donors (Lipinski definition) is 3. The first-order valence-electron chi connectivity index (χ1n) is 13.5. The fourth-order valence-corrected chi connectivity index (χ4v) is 6.40. The van der Waals surface area contributed by atoms with E-state index in [1.165, 1.54) is 12.1 Å². The number of nitrogens with one attached hydrogen (secondary N) is 2. The van der Waals surface area contributed by atoms with E-state index in [0.717, 1.165) is 27.8 Å². The van der Waals surface area contributed by atoms with E-state index < -0.39 is 34.1 Å². The largest absolute Gasteiger partial charge is 0.480 e. The van der Waals surface area contributed by atoms with Gasteiger partial charge in [0, 0.05) is 29.6 Å².